The van der Waals surface area contributed by atoms with Crippen LogP contribution in [-0.2, 0) is 0 Å². The minimum atomic E-state index is -0.427. The molecule has 20 heavy (non-hydrogen) atoms. The second kappa shape index (κ2) is 6.11. The standard InChI is InChI=1S/C14H16FN3OS/c1-8(16)14-18-12(7-20-14)13(19)17-9(2)10-5-3-4-6-11(10)15/h3-9H,16H2,1-2H3,(H,17,19)/t8?,9-/m1/s1. The van der Waals surface area contributed by atoms with Crippen molar-refractivity contribution < 1.29 is 9.18 Å². The van der Waals surface area contributed by atoms with Crippen LogP contribution in [0.1, 0.15) is 47.0 Å². The molecule has 0 aliphatic heterocycles. The van der Waals surface area contributed by atoms with E-state index >= 15 is 0 Å². The van der Waals surface area contributed by atoms with Crippen LogP contribution < -0.4 is 11.1 Å². The Bertz CT molecular complexity index is 612. The summed E-state index contributed by atoms with van der Waals surface area (Å²) in [6.45, 7) is 3.54. The third-order valence-electron chi connectivity index (χ3n) is 2.86. The van der Waals surface area contributed by atoms with Gasteiger partial charge in [-0.05, 0) is 19.9 Å². The normalized spacial score (nSPS) is 13.8. The van der Waals surface area contributed by atoms with Crippen molar-refractivity contribution in [3.63, 3.8) is 0 Å². The molecule has 0 saturated heterocycles. The van der Waals surface area contributed by atoms with E-state index in [9.17, 15) is 9.18 Å². The monoisotopic (exact) mass is 293 g/mol. The zero-order valence-corrected chi connectivity index (χ0v) is 12.1. The van der Waals surface area contributed by atoms with Crippen molar-refractivity contribution in [3.8, 4) is 0 Å². The Morgan fingerprint density at radius 1 is 1.40 bits per heavy atom. The molecule has 1 aromatic carbocycles. The average molecular weight is 293 g/mol. The maximum atomic E-state index is 13.6. The summed E-state index contributed by atoms with van der Waals surface area (Å²) < 4.78 is 13.6. The van der Waals surface area contributed by atoms with Crippen molar-refractivity contribution in [2.45, 2.75) is 25.9 Å². The quantitative estimate of drug-likeness (QED) is 0.910. The minimum Gasteiger partial charge on any atom is -0.344 e. The van der Waals surface area contributed by atoms with Crippen LogP contribution in [0.4, 0.5) is 4.39 Å². The summed E-state index contributed by atoms with van der Waals surface area (Å²) in [5.74, 6) is -0.668. The lowest BCUT2D eigenvalue weighted by Gasteiger charge is -2.14. The molecule has 0 aliphatic carbocycles. The van der Waals surface area contributed by atoms with E-state index < -0.39 is 6.04 Å². The lowest BCUT2D eigenvalue weighted by molar-refractivity contribution is 0.0935. The Morgan fingerprint density at radius 3 is 2.70 bits per heavy atom. The van der Waals surface area contributed by atoms with Crippen LogP contribution in [-0.4, -0.2) is 10.9 Å². The van der Waals surface area contributed by atoms with Crippen LogP contribution in [0.5, 0.6) is 0 Å². The number of carbonyl (C=O) groups excluding carboxylic acids is 1. The lowest BCUT2D eigenvalue weighted by atomic mass is 10.1. The first kappa shape index (κ1) is 14.6. The molecule has 2 atom stereocenters. The fourth-order valence-corrected chi connectivity index (χ4v) is 2.53. The van der Waals surface area contributed by atoms with Gasteiger partial charge in [0.2, 0.25) is 0 Å². The van der Waals surface area contributed by atoms with E-state index in [0.29, 0.717) is 16.3 Å². The van der Waals surface area contributed by atoms with Crippen molar-refractivity contribution in [1.29, 1.82) is 0 Å². The van der Waals surface area contributed by atoms with Crippen molar-refractivity contribution >= 4 is 17.2 Å². The molecule has 6 heteroatoms. The summed E-state index contributed by atoms with van der Waals surface area (Å²) in [5, 5.41) is 5.09. The summed E-state index contributed by atoms with van der Waals surface area (Å²) in [7, 11) is 0. The molecule has 1 unspecified atom stereocenters. The molecule has 1 heterocycles. The van der Waals surface area contributed by atoms with Crippen molar-refractivity contribution in [1.82, 2.24) is 10.3 Å². The van der Waals surface area contributed by atoms with E-state index in [0.717, 1.165) is 0 Å². The Hall–Kier alpha value is -1.79. The smallest absolute Gasteiger partial charge is 0.271 e. The van der Waals surface area contributed by atoms with Gasteiger partial charge in [0.1, 0.15) is 16.5 Å². The number of halogens is 1. The second-order valence-corrected chi connectivity index (χ2v) is 5.47. The largest absolute Gasteiger partial charge is 0.344 e. The molecule has 0 aliphatic rings. The molecule has 3 N–H and O–H groups in total. The molecule has 0 fully saturated rings. The molecule has 106 valence electrons. The van der Waals surface area contributed by atoms with Gasteiger partial charge >= 0.3 is 0 Å². The van der Waals surface area contributed by atoms with Crippen molar-refractivity contribution in [2.24, 2.45) is 5.73 Å². The zero-order valence-electron chi connectivity index (χ0n) is 11.3. The van der Waals surface area contributed by atoms with E-state index in [2.05, 4.69) is 10.3 Å². The molecule has 0 bridgehead atoms. The molecular weight excluding hydrogens is 277 g/mol. The Labute approximate surface area is 120 Å². The molecular formula is C14H16FN3OS. The van der Waals surface area contributed by atoms with E-state index in [1.807, 2.05) is 6.92 Å². The van der Waals surface area contributed by atoms with Gasteiger partial charge < -0.3 is 11.1 Å². The molecule has 1 amide bonds. The van der Waals surface area contributed by atoms with Gasteiger partial charge in [-0.2, -0.15) is 0 Å². The van der Waals surface area contributed by atoms with Gasteiger partial charge in [-0.3, -0.25) is 4.79 Å². The second-order valence-electron chi connectivity index (χ2n) is 4.58. The zero-order chi connectivity index (χ0) is 14.7. The topological polar surface area (TPSA) is 68.0 Å². The molecule has 2 rings (SSSR count). The number of nitrogens with one attached hydrogen (secondary N) is 1. The number of benzene rings is 1. The van der Waals surface area contributed by atoms with E-state index in [-0.39, 0.29) is 17.8 Å². The SMILES string of the molecule is CC(N)c1nc(C(=O)N[C@H](C)c2ccccc2F)cs1. The Morgan fingerprint density at radius 2 is 2.10 bits per heavy atom. The summed E-state index contributed by atoms with van der Waals surface area (Å²) >= 11 is 1.34. The highest BCUT2D eigenvalue weighted by Crippen LogP contribution is 2.19. The van der Waals surface area contributed by atoms with Gasteiger partial charge in [0, 0.05) is 10.9 Å². The van der Waals surface area contributed by atoms with Crippen molar-refractivity contribution in [3.05, 3.63) is 51.7 Å². The molecule has 0 spiro atoms. The first-order valence-electron chi connectivity index (χ1n) is 6.25. The molecule has 0 radical (unpaired) electrons. The van der Waals surface area contributed by atoms with Crippen LogP contribution in [0.25, 0.3) is 0 Å². The third-order valence-corrected chi connectivity index (χ3v) is 3.91. The number of thiazole rings is 1. The molecule has 4 nitrogen and oxygen atoms in total. The number of aromatic nitrogens is 1. The molecule has 0 saturated carbocycles. The van der Waals surface area contributed by atoms with Crippen molar-refractivity contribution in [2.75, 3.05) is 0 Å². The van der Waals surface area contributed by atoms with Gasteiger partial charge in [0.05, 0.1) is 12.1 Å². The highest BCUT2D eigenvalue weighted by Gasteiger charge is 2.17. The number of nitrogens with two attached hydrogens (primary N) is 1. The van der Waals surface area contributed by atoms with Gasteiger partial charge in [0.15, 0.2) is 0 Å². The van der Waals surface area contributed by atoms with Gasteiger partial charge in [0.25, 0.3) is 5.91 Å². The number of rotatable bonds is 4. The summed E-state index contributed by atoms with van der Waals surface area (Å²) in [6, 6.07) is 5.74. The fourth-order valence-electron chi connectivity index (χ4n) is 1.78. The van der Waals surface area contributed by atoms with E-state index in [1.54, 1.807) is 30.5 Å². The predicted molar refractivity (Wildman–Crippen MR) is 77.0 cm³/mol. The van der Waals surface area contributed by atoms with Gasteiger partial charge in [-0.25, -0.2) is 9.37 Å². The molecule has 1 aromatic heterocycles. The summed E-state index contributed by atoms with van der Waals surface area (Å²) in [6.07, 6.45) is 0. The van der Waals surface area contributed by atoms with Crippen LogP contribution >= 0.6 is 11.3 Å². The Kier molecular flexibility index (Phi) is 4.46. The van der Waals surface area contributed by atoms with Crippen LogP contribution in [0.15, 0.2) is 29.6 Å². The number of hydrogen-bond donors (Lipinski definition) is 2. The lowest BCUT2D eigenvalue weighted by Crippen LogP contribution is -2.27. The van der Waals surface area contributed by atoms with Gasteiger partial charge in [-0.1, -0.05) is 18.2 Å². The van der Waals surface area contributed by atoms with E-state index in [4.69, 9.17) is 5.73 Å². The number of carbonyl (C=O) groups is 1. The number of hydrogen-bond acceptors (Lipinski definition) is 4. The highest BCUT2D eigenvalue weighted by molar-refractivity contribution is 7.09. The maximum Gasteiger partial charge on any atom is 0.271 e. The maximum absolute atomic E-state index is 13.6. The Balaban J connectivity index is 2.09. The van der Waals surface area contributed by atoms with Crippen LogP contribution in [0, 0.1) is 5.82 Å². The minimum absolute atomic E-state index is 0.203. The summed E-state index contributed by atoms with van der Waals surface area (Å²) in [4.78, 5) is 16.2. The van der Waals surface area contributed by atoms with E-state index in [1.165, 1.54) is 17.4 Å². The fraction of sp³-hybridized carbons (Fsp3) is 0.286. The molecule has 2 aromatic rings. The average Bonchev–Trinajstić information content (AvgIpc) is 2.88. The first-order valence-corrected chi connectivity index (χ1v) is 7.13. The third kappa shape index (κ3) is 3.20. The first-order chi connectivity index (χ1) is 9.49. The van der Waals surface area contributed by atoms with Crippen LogP contribution in [0.2, 0.25) is 0 Å². The predicted octanol–water partition coefficient (Wildman–Crippen LogP) is 2.79. The van der Waals surface area contributed by atoms with Gasteiger partial charge in [-0.15, -0.1) is 11.3 Å². The number of nitrogens with zero attached hydrogens (tertiary/aromatic N) is 1. The number of amides is 1. The highest BCUT2D eigenvalue weighted by atomic mass is 32.1. The summed E-state index contributed by atoms with van der Waals surface area (Å²) in [5.41, 5.74) is 6.46. The van der Waals surface area contributed by atoms with Crippen LogP contribution in [0.3, 0.4) is 0 Å².